The predicted octanol–water partition coefficient (Wildman–Crippen LogP) is 1.74. The van der Waals surface area contributed by atoms with E-state index in [1.807, 2.05) is 19.1 Å². The molecule has 1 aliphatic rings. The second kappa shape index (κ2) is 5.87. The Morgan fingerprint density at radius 3 is 3.10 bits per heavy atom. The lowest BCUT2D eigenvalue weighted by molar-refractivity contribution is -0.0311. The van der Waals surface area contributed by atoms with Crippen molar-refractivity contribution in [2.24, 2.45) is 0 Å². The van der Waals surface area contributed by atoms with E-state index < -0.39 is 0 Å². The maximum absolute atomic E-state index is 9.47. The summed E-state index contributed by atoms with van der Waals surface area (Å²) >= 11 is 0. The van der Waals surface area contributed by atoms with Gasteiger partial charge in [-0.3, -0.25) is 9.88 Å². The molecule has 4 heteroatoms. The molecule has 2 heterocycles. The van der Waals surface area contributed by atoms with Gasteiger partial charge in [0.25, 0.3) is 0 Å². The van der Waals surface area contributed by atoms with Gasteiger partial charge in [-0.15, -0.1) is 0 Å². The van der Waals surface area contributed by atoms with Crippen molar-refractivity contribution in [1.82, 2.24) is 9.88 Å². The lowest BCUT2D eigenvalue weighted by Crippen LogP contribution is -2.46. The third-order valence-electron chi connectivity index (χ3n) is 3.86. The maximum Gasteiger partial charge on any atom is 0.0708 e. The van der Waals surface area contributed by atoms with Crippen molar-refractivity contribution < 1.29 is 9.84 Å². The Balaban J connectivity index is 1.93. The monoisotopic (exact) mass is 272 g/mol. The summed E-state index contributed by atoms with van der Waals surface area (Å²) in [6, 6.07) is 10.5. The molecule has 1 fully saturated rings. The second-order valence-electron chi connectivity index (χ2n) is 5.32. The van der Waals surface area contributed by atoms with Crippen LogP contribution < -0.4 is 0 Å². The topological polar surface area (TPSA) is 45.6 Å². The van der Waals surface area contributed by atoms with E-state index in [-0.39, 0.29) is 12.6 Å². The van der Waals surface area contributed by atoms with Gasteiger partial charge >= 0.3 is 0 Å². The quantitative estimate of drug-likeness (QED) is 0.924. The molecule has 1 N–H and O–H groups in total. The minimum atomic E-state index is 0.0935. The zero-order chi connectivity index (χ0) is 13.9. The number of para-hydroxylation sites is 1. The number of nitrogens with zero attached hydrogens (tertiary/aromatic N) is 2. The largest absolute Gasteiger partial charge is 0.395 e. The highest BCUT2D eigenvalue weighted by Crippen LogP contribution is 2.21. The number of aryl methyl sites for hydroxylation is 1. The van der Waals surface area contributed by atoms with Crippen LogP contribution in [0.4, 0.5) is 0 Å². The number of aromatic nitrogens is 1. The number of pyridine rings is 1. The highest BCUT2D eigenvalue weighted by atomic mass is 16.5. The molecule has 4 nitrogen and oxygen atoms in total. The Kier molecular flexibility index (Phi) is 3.96. The fourth-order valence-electron chi connectivity index (χ4n) is 2.81. The number of fused-ring (bicyclic) bond motifs is 1. The van der Waals surface area contributed by atoms with Gasteiger partial charge in [0.05, 0.1) is 31.4 Å². The Labute approximate surface area is 119 Å². The van der Waals surface area contributed by atoms with Crippen molar-refractivity contribution in [3.63, 3.8) is 0 Å². The van der Waals surface area contributed by atoms with Crippen LogP contribution in [0.1, 0.15) is 11.3 Å². The standard InChI is InChI=1S/C16H20N2O2/c1-12-8-13(15-4-2-3-5-16(15)17-12)9-18-6-7-20-11-14(18)10-19/h2-5,8,14,19H,6-7,9-11H2,1H3. The second-order valence-corrected chi connectivity index (χ2v) is 5.32. The van der Waals surface area contributed by atoms with Gasteiger partial charge in [-0.1, -0.05) is 18.2 Å². The molecule has 2 aromatic rings. The molecular weight excluding hydrogens is 252 g/mol. The zero-order valence-electron chi connectivity index (χ0n) is 11.7. The van der Waals surface area contributed by atoms with Crippen molar-refractivity contribution in [3.8, 4) is 0 Å². The minimum absolute atomic E-state index is 0.0935. The number of hydrogen-bond acceptors (Lipinski definition) is 4. The Morgan fingerprint density at radius 2 is 2.25 bits per heavy atom. The van der Waals surface area contributed by atoms with E-state index >= 15 is 0 Å². The molecule has 0 bridgehead atoms. The Hall–Kier alpha value is -1.49. The van der Waals surface area contributed by atoms with Crippen molar-refractivity contribution in [3.05, 3.63) is 41.6 Å². The maximum atomic E-state index is 9.47. The molecule has 0 radical (unpaired) electrons. The smallest absolute Gasteiger partial charge is 0.0708 e. The third-order valence-corrected chi connectivity index (χ3v) is 3.86. The van der Waals surface area contributed by atoms with Crippen molar-refractivity contribution in [2.45, 2.75) is 19.5 Å². The van der Waals surface area contributed by atoms with E-state index in [1.165, 1.54) is 10.9 Å². The van der Waals surface area contributed by atoms with Crippen molar-refractivity contribution in [1.29, 1.82) is 0 Å². The molecule has 1 unspecified atom stereocenters. The van der Waals surface area contributed by atoms with Crippen LogP contribution in [0, 0.1) is 6.92 Å². The van der Waals surface area contributed by atoms with Crippen LogP contribution in [0.25, 0.3) is 10.9 Å². The molecule has 3 rings (SSSR count). The van der Waals surface area contributed by atoms with Gasteiger partial charge < -0.3 is 9.84 Å². The number of rotatable bonds is 3. The summed E-state index contributed by atoms with van der Waals surface area (Å²) in [6.07, 6.45) is 0. The molecule has 1 aromatic heterocycles. The average Bonchev–Trinajstić information content (AvgIpc) is 2.47. The average molecular weight is 272 g/mol. The van der Waals surface area contributed by atoms with Gasteiger partial charge in [-0.25, -0.2) is 0 Å². The number of aliphatic hydroxyl groups excluding tert-OH is 1. The van der Waals surface area contributed by atoms with Gasteiger partial charge in [0.15, 0.2) is 0 Å². The summed E-state index contributed by atoms with van der Waals surface area (Å²) in [6.45, 7) is 5.21. The highest BCUT2D eigenvalue weighted by molar-refractivity contribution is 5.82. The molecule has 1 saturated heterocycles. The molecule has 1 aromatic carbocycles. The van der Waals surface area contributed by atoms with Gasteiger partial charge in [0.1, 0.15) is 0 Å². The molecule has 20 heavy (non-hydrogen) atoms. The van der Waals surface area contributed by atoms with E-state index in [9.17, 15) is 5.11 Å². The summed E-state index contributed by atoms with van der Waals surface area (Å²) < 4.78 is 5.44. The zero-order valence-corrected chi connectivity index (χ0v) is 11.7. The van der Waals surface area contributed by atoms with Crippen molar-refractivity contribution >= 4 is 10.9 Å². The number of aliphatic hydroxyl groups is 1. The van der Waals surface area contributed by atoms with Gasteiger partial charge in [-0.05, 0) is 24.6 Å². The lowest BCUT2D eigenvalue weighted by atomic mass is 10.1. The predicted molar refractivity (Wildman–Crippen MR) is 78.6 cm³/mol. The normalized spacial score (nSPS) is 20.4. The number of hydrogen-bond donors (Lipinski definition) is 1. The molecule has 0 amide bonds. The SMILES string of the molecule is Cc1cc(CN2CCOCC2CO)c2ccccc2n1. The summed E-state index contributed by atoms with van der Waals surface area (Å²) in [7, 11) is 0. The van der Waals surface area contributed by atoms with E-state index in [4.69, 9.17) is 4.74 Å². The number of ether oxygens (including phenoxy) is 1. The Morgan fingerprint density at radius 1 is 1.40 bits per heavy atom. The minimum Gasteiger partial charge on any atom is -0.395 e. The van der Waals surface area contributed by atoms with Crippen LogP contribution in [0.2, 0.25) is 0 Å². The lowest BCUT2D eigenvalue weighted by Gasteiger charge is -2.34. The first-order chi connectivity index (χ1) is 9.78. The van der Waals surface area contributed by atoms with Crippen LogP contribution in [0.15, 0.2) is 30.3 Å². The first-order valence-electron chi connectivity index (χ1n) is 7.06. The van der Waals surface area contributed by atoms with Crippen LogP contribution in [0.5, 0.6) is 0 Å². The van der Waals surface area contributed by atoms with Crippen molar-refractivity contribution in [2.75, 3.05) is 26.4 Å². The molecule has 106 valence electrons. The fourth-order valence-corrected chi connectivity index (χ4v) is 2.81. The molecular formula is C16H20N2O2. The first-order valence-corrected chi connectivity index (χ1v) is 7.06. The molecule has 0 saturated carbocycles. The van der Waals surface area contributed by atoms with E-state index in [2.05, 4.69) is 28.1 Å². The van der Waals surface area contributed by atoms with Crippen LogP contribution in [0.3, 0.4) is 0 Å². The van der Waals surface area contributed by atoms with Crippen LogP contribution in [-0.2, 0) is 11.3 Å². The first kappa shape index (κ1) is 13.5. The number of benzene rings is 1. The fraction of sp³-hybridized carbons (Fsp3) is 0.438. The van der Waals surface area contributed by atoms with E-state index in [0.29, 0.717) is 6.61 Å². The van der Waals surface area contributed by atoms with Gasteiger partial charge in [0, 0.05) is 24.2 Å². The van der Waals surface area contributed by atoms with E-state index in [0.717, 1.165) is 30.9 Å². The van der Waals surface area contributed by atoms with Crippen LogP contribution >= 0.6 is 0 Å². The summed E-state index contributed by atoms with van der Waals surface area (Å²) in [5, 5.41) is 10.7. The summed E-state index contributed by atoms with van der Waals surface area (Å²) in [4.78, 5) is 6.87. The molecule has 0 aliphatic carbocycles. The molecule has 1 atom stereocenters. The third kappa shape index (κ3) is 2.68. The van der Waals surface area contributed by atoms with Gasteiger partial charge in [-0.2, -0.15) is 0 Å². The molecule has 0 spiro atoms. The number of morpholine rings is 1. The summed E-state index contributed by atoms with van der Waals surface area (Å²) in [5.41, 5.74) is 3.34. The van der Waals surface area contributed by atoms with E-state index in [1.54, 1.807) is 0 Å². The molecule has 1 aliphatic heterocycles. The Bertz CT molecular complexity index is 600. The van der Waals surface area contributed by atoms with Crippen LogP contribution in [-0.4, -0.2) is 47.4 Å². The summed E-state index contributed by atoms with van der Waals surface area (Å²) in [5.74, 6) is 0. The van der Waals surface area contributed by atoms with Gasteiger partial charge in [0.2, 0.25) is 0 Å². The highest BCUT2D eigenvalue weighted by Gasteiger charge is 2.22.